The van der Waals surface area contributed by atoms with Gasteiger partial charge in [-0.05, 0) is 30.2 Å². The van der Waals surface area contributed by atoms with Crippen LogP contribution in [0, 0.1) is 0 Å². The molecule has 23 heavy (non-hydrogen) atoms. The van der Waals surface area contributed by atoms with Crippen molar-refractivity contribution in [3.63, 3.8) is 0 Å². The van der Waals surface area contributed by atoms with Crippen molar-refractivity contribution < 1.29 is 4.79 Å². The lowest BCUT2D eigenvalue weighted by Crippen LogP contribution is -2.23. The molecule has 6 heteroatoms. The second-order valence-corrected chi connectivity index (χ2v) is 5.15. The molecule has 0 radical (unpaired) electrons. The Kier molecular flexibility index (Phi) is 8.08. The molecule has 5 nitrogen and oxygen atoms in total. The highest BCUT2D eigenvalue weighted by Crippen LogP contribution is 2.06. The molecule has 0 aliphatic heterocycles. The van der Waals surface area contributed by atoms with Gasteiger partial charge in [-0.1, -0.05) is 30.3 Å². The molecule has 0 saturated heterocycles. The van der Waals surface area contributed by atoms with E-state index in [9.17, 15) is 9.59 Å². The van der Waals surface area contributed by atoms with Crippen LogP contribution in [0.25, 0.3) is 0 Å². The summed E-state index contributed by atoms with van der Waals surface area (Å²) in [6, 6.07) is 13.0. The number of nitrogens with two attached hydrogens (primary N) is 1. The molecule has 1 aromatic heterocycles. The predicted octanol–water partition coefficient (Wildman–Crippen LogP) is 1.67. The number of rotatable bonds is 7. The van der Waals surface area contributed by atoms with Crippen molar-refractivity contribution >= 4 is 18.3 Å². The van der Waals surface area contributed by atoms with E-state index >= 15 is 0 Å². The number of amides is 1. The van der Waals surface area contributed by atoms with E-state index in [-0.39, 0.29) is 23.9 Å². The molecular formula is C17H22ClN3O2. The Morgan fingerprint density at radius 2 is 1.78 bits per heavy atom. The van der Waals surface area contributed by atoms with Gasteiger partial charge in [-0.2, -0.15) is 0 Å². The van der Waals surface area contributed by atoms with Crippen LogP contribution in [0.15, 0.2) is 53.5 Å². The minimum absolute atomic E-state index is 0. The molecule has 0 unspecified atom stereocenters. The Labute approximate surface area is 141 Å². The average molecular weight is 336 g/mol. The smallest absolute Gasteiger partial charge is 0.250 e. The van der Waals surface area contributed by atoms with Crippen LogP contribution >= 0.6 is 12.4 Å². The minimum Gasteiger partial charge on any atom is -0.352 e. The average Bonchev–Trinajstić information content (AvgIpc) is 2.54. The van der Waals surface area contributed by atoms with Gasteiger partial charge in [0.25, 0.3) is 5.56 Å². The maximum absolute atomic E-state index is 11.7. The second-order valence-electron chi connectivity index (χ2n) is 5.15. The van der Waals surface area contributed by atoms with Gasteiger partial charge in [-0.3, -0.25) is 9.59 Å². The zero-order valence-electron chi connectivity index (χ0n) is 12.9. The molecule has 0 saturated carbocycles. The second kappa shape index (κ2) is 9.82. The Bertz CT molecular complexity index is 668. The van der Waals surface area contributed by atoms with Crippen molar-refractivity contribution in [1.29, 1.82) is 0 Å². The number of pyridine rings is 1. The molecule has 1 amide bonds. The van der Waals surface area contributed by atoms with Crippen LogP contribution in [-0.2, 0) is 17.9 Å². The number of hydrogen-bond donors (Lipinski definition) is 2. The van der Waals surface area contributed by atoms with Gasteiger partial charge in [0, 0.05) is 25.2 Å². The summed E-state index contributed by atoms with van der Waals surface area (Å²) in [5.41, 5.74) is 7.44. The van der Waals surface area contributed by atoms with Gasteiger partial charge >= 0.3 is 0 Å². The SMILES string of the molecule is Cl.NCCCC(=O)NCc1ccc(Cn2ccccc2=O)cc1. The van der Waals surface area contributed by atoms with Crippen molar-refractivity contribution in [3.05, 3.63) is 70.1 Å². The summed E-state index contributed by atoms with van der Waals surface area (Å²) >= 11 is 0. The number of benzene rings is 1. The van der Waals surface area contributed by atoms with Crippen molar-refractivity contribution in [2.24, 2.45) is 5.73 Å². The topological polar surface area (TPSA) is 77.1 Å². The van der Waals surface area contributed by atoms with Crippen LogP contribution in [0.3, 0.4) is 0 Å². The first kappa shape index (κ1) is 18.9. The van der Waals surface area contributed by atoms with Gasteiger partial charge < -0.3 is 15.6 Å². The molecule has 1 heterocycles. The third kappa shape index (κ3) is 6.26. The molecule has 0 spiro atoms. The molecule has 3 N–H and O–H groups in total. The van der Waals surface area contributed by atoms with Crippen LogP contribution in [-0.4, -0.2) is 17.0 Å². The highest BCUT2D eigenvalue weighted by molar-refractivity contribution is 5.85. The molecule has 0 atom stereocenters. The third-order valence-electron chi connectivity index (χ3n) is 3.37. The molecular weight excluding hydrogens is 314 g/mol. The van der Waals surface area contributed by atoms with Gasteiger partial charge in [0.15, 0.2) is 0 Å². The number of nitrogens with one attached hydrogen (secondary N) is 1. The number of aromatic nitrogens is 1. The van der Waals surface area contributed by atoms with Crippen molar-refractivity contribution in [3.8, 4) is 0 Å². The molecule has 124 valence electrons. The number of halogens is 1. The Morgan fingerprint density at radius 3 is 2.43 bits per heavy atom. The fourth-order valence-corrected chi connectivity index (χ4v) is 2.10. The standard InChI is InChI=1S/C17H21N3O2.ClH/c18-10-3-4-16(21)19-12-14-6-8-15(9-7-14)13-20-11-2-1-5-17(20)22;/h1-2,5-9,11H,3-4,10,12-13,18H2,(H,19,21);1H. The number of hydrogen-bond acceptors (Lipinski definition) is 3. The summed E-state index contributed by atoms with van der Waals surface area (Å²) in [7, 11) is 0. The first-order valence-corrected chi connectivity index (χ1v) is 7.39. The van der Waals surface area contributed by atoms with E-state index in [1.165, 1.54) is 0 Å². The highest BCUT2D eigenvalue weighted by Gasteiger charge is 2.01. The van der Waals surface area contributed by atoms with E-state index in [1.807, 2.05) is 30.3 Å². The maximum Gasteiger partial charge on any atom is 0.250 e. The Morgan fingerprint density at radius 1 is 1.09 bits per heavy atom. The van der Waals surface area contributed by atoms with Crippen LogP contribution in [0.2, 0.25) is 0 Å². The van der Waals surface area contributed by atoms with E-state index < -0.39 is 0 Å². The van der Waals surface area contributed by atoms with Gasteiger partial charge in [-0.15, -0.1) is 12.4 Å². The lowest BCUT2D eigenvalue weighted by atomic mass is 10.1. The molecule has 0 fully saturated rings. The largest absolute Gasteiger partial charge is 0.352 e. The summed E-state index contributed by atoms with van der Waals surface area (Å²) in [6.45, 7) is 1.58. The number of carbonyl (C=O) groups excluding carboxylic acids is 1. The van der Waals surface area contributed by atoms with E-state index in [2.05, 4.69) is 5.32 Å². The first-order valence-electron chi connectivity index (χ1n) is 7.39. The summed E-state index contributed by atoms with van der Waals surface area (Å²) in [6.07, 6.45) is 2.94. The summed E-state index contributed by atoms with van der Waals surface area (Å²) in [5.74, 6) is 0.0189. The van der Waals surface area contributed by atoms with E-state index in [0.717, 1.165) is 11.1 Å². The Hall–Kier alpha value is -2.11. The van der Waals surface area contributed by atoms with Crippen LogP contribution in [0.4, 0.5) is 0 Å². The van der Waals surface area contributed by atoms with E-state index in [1.54, 1.807) is 22.9 Å². The lowest BCUT2D eigenvalue weighted by Gasteiger charge is -2.08. The zero-order valence-corrected chi connectivity index (χ0v) is 13.7. The normalized spacial score (nSPS) is 9.96. The number of carbonyl (C=O) groups is 1. The number of nitrogens with zero attached hydrogens (tertiary/aromatic N) is 1. The maximum atomic E-state index is 11.7. The summed E-state index contributed by atoms with van der Waals surface area (Å²) in [4.78, 5) is 23.2. The van der Waals surface area contributed by atoms with E-state index in [4.69, 9.17) is 5.73 Å². The summed E-state index contributed by atoms with van der Waals surface area (Å²) in [5, 5.41) is 2.86. The third-order valence-corrected chi connectivity index (χ3v) is 3.37. The predicted molar refractivity (Wildman–Crippen MR) is 93.6 cm³/mol. The van der Waals surface area contributed by atoms with Gasteiger partial charge in [0.1, 0.15) is 0 Å². The zero-order chi connectivity index (χ0) is 15.8. The molecule has 2 rings (SSSR count). The van der Waals surface area contributed by atoms with Crippen LogP contribution in [0.5, 0.6) is 0 Å². The van der Waals surface area contributed by atoms with Gasteiger partial charge in [0.05, 0.1) is 6.54 Å². The van der Waals surface area contributed by atoms with Crippen molar-refractivity contribution in [2.45, 2.75) is 25.9 Å². The first-order chi connectivity index (χ1) is 10.7. The van der Waals surface area contributed by atoms with Crippen molar-refractivity contribution in [2.75, 3.05) is 6.54 Å². The van der Waals surface area contributed by atoms with Crippen LogP contribution in [0.1, 0.15) is 24.0 Å². The van der Waals surface area contributed by atoms with Crippen molar-refractivity contribution in [1.82, 2.24) is 9.88 Å². The van der Waals surface area contributed by atoms with Crippen LogP contribution < -0.4 is 16.6 Å². The molecule has 1 aromatic carbocycles. The quantitative estimate of drug-likeness (QED) is 0.808. The van der Waals surface area contributed by atoms with E-state index in [0.29, 0.717) is 32.5 Å². The summed E-state index contributed by atoms with van der Waals surface area (Å²) < 4.78 is 1.66. The Balaban J connectivity index is 0.00000264. The highest BCUT2D eigenvalue weighted by atomic mass is 35.5. The molecule has 2 aromatic rings. The molecule has 0 aliphatic carbocycles. The molecule has 0 aliphatic rings. The van der Waals surface area contributed by atoms with Gasteiger partial charge in [0.2, 0.25) is 5.91 Å². The fraction of sp³-hybridized carbons (Fsp3) is 0.294. The minimum atomic E-state index is -0.0151. The molecule has 0 bridgehead atoms. The van der Waals surface area contributed by atoms with Gasteiger partial charge in [-0.25, -0.2) is 0 Å². The monoisotopic (exact) mass is 335 g/mol. The lowest BCUT2D eigenvalue weighted by molar-refractivity contribution is -0.121. The fourth-order valence-electron chi connectivity index (χ4n) is 2.10.